The van der Waals surface area contributed by atoms with E-state index in [-0.39, 0.29) is 11.9 Å². The summed E-state index contributed by atoms with van der Waals surface area (Å²) in [7, 11) is 4.52. The number of carbonyl (C=O) groups excluding carboxylic acids is 1. The van der Waals surface area contributed by atoms with Crippen molar-refractivity contribution in [3.63, 3.8) is 0 Å². The van der Waals surface area contributed by atoms with Gasteiger partial charge in [0.05, 0.1) is 13.0 Å². The third-order valence-corrected chi connectivity index (χ3v) is 2.86. The molecule has 100 valence electrons. The van der Waals surface area contributed by atoms with Gasteiger partial charge in [0.15, 0.2) is 6.29 Å². The van der Waals surface area contributed by atoms with E-state index in [1.165, 1.54) is 7.11 Å². The molecule has 0 fully saturated rings. The second-order valence-corrected chi connectivity index (χ2v) is 4.05. The van der Waals surface area contributed by atoms with Gasteiger partial charge in [-0.2, -0.15) is 0 Å². The van der Waals surface area contributed by atoms with Gasteiger partial charge in [0.1, 0.15) is 0 Å². The third kappa shape index (κ3) is 4.47. The van der Waals surface area contributed by atoms with E-state index in [2.05, 4.69) is 0 Å². The Morgan fingerprint density at radius 2 is 1.72 bits per heavy atom. The van der Waals surface area contributed by atoms with Gasteiger partial charge in [0.25, 0.3) is 0 Å². The van der Waals surface area contributed by atoms with Gasteiger partial charge in [-0.25, -0.2) is 0 Å². The van der Waals surface area contributed by atoms with Crippen LogP contribution in [0.3, 0.4) is 0 Å². The number of rotatable bonds is 7. The molecule has 1 unspecified atom stereocenters. The van der Waals surface area contributed by atoms with Crippen LogP contribution in [0.15, 0.2) is 30.3 Å². The molecule has 1 rings (SSSR count). The zero-order valence-electron chi connectivity index (χ0n) is 11.1. The van der Waals surface area contributed by atoms with Crippen LogP contribution >= 0.6 is 0 Å². The van der Waals surface area contributed by atoms with Crippen LogP contribution in [0.2, 0.25) is 0 Å². The van der Waals surface area contributed by atoms with Gasteiger partial charge in [-0.3, -0.25) is 4.79 Å². The fourth-order valence-corrected chi connectivity index (χ4v) is 1.85. The largest absolute Gasteiger partial charge is 0.469 e. The van der Waals surface area contributed by atoms with E-state index in [0.717, 1.165) is 5.56 Å². The Labute approximate surface area is 108 Å². The molecule has 0 saturated carbocycles. The molecule has 0 saturated heterocycles. The highest BCUT2D eigenvalue weighted by molar-refractivity contribution is 5.72. The molecule has 0 heterocycles. The number of esters is 1. The molecule has 0 aromatic heterocycles. The van der Waals surface area contributed by atoms with Crippen molar-refractivity contribution in [1.82, 2.24) is 0 Å². The van der Waals surface area contributed by atoms with Crippen LogP contribution in [0.25, 0.3) is 0 Å². The van der Waals surface area contributed by atoms with Gasteiger partial charge in [-0.05, 0) is 12.0 Å². The molecule has 0 amide bonds. The number of hydrogen-bond donors (Lipinski definition) is 0. The summed E-state index contributed by atoms with van der Waals surface area (Å²) >= 11 is 0. The quantitative estimate of drug-likeness (QED) is 0.550. The lowest BCUT2D eigenvalue weighted by atomic mass is 9.96. The Hall–Kier alpha value is -1.39. The van der Waals surface area contributed by atoms with Crippen molar-refractivity contribution in [1.29, 1.82) is 0 Å². The van der Waals surface area contributed by atoms with Crippen molar-refractivity contribution in [3.8, 4) is 0 Å². The summed E-state index contributed by atoms with van der Waals surface area (Å²) in [4.78, 5) is 11.8. The molecule has 4 nitrogen and oxygen atoms in total. The summed E-state index contributed by atoms with van der Waals surface area (Å²) in [6.45, 7) is 0. The van der Waals surface area contributed by atoms with E-state index < -0.39 is 6.29 Å². The Morgan fingerprint density at radius 1 is 1.11 bits per heavy atom. The van der Waals surface area contributed by atoms with Crippen LogP contribution in [-0.2, 0) is 25.4 Å². The number of ether oxygens (including phenoxy) is 3. The van der Waals surface area contributed by atoms with E-state index in [9.17, 15) is 4.79 Å². The minimum atomic E-state index is -0.391. The number of methoxy groups -OCH3 is 3. The minimum Gasteiger partial charge on any atom is -0.469 e. The first kappa shape index (κ1) is 14.7. The first-order chi connectivity index (χ1) is 8.71. The van der Waals surface area contributed by atoms with Crippen LogP contribution in [-0.4, -0.2) is 33.6 Å². The molecular formula is C14H20O4. The summed E-state index contributed by atoms with van der Waals surface area (Å²) in [6, 6.07) is 9.83. The summed E-state index contributed by atoms with van der Waals surface area (Å²) in [5.41, 5.74) is 1.10. The Balaban J connectivity index is 2.69. The first-order valence-electron chi connectivity index (χ1n) is 5.88. The second kappa shape index (κ2) is 7.84. The zero-order chi connectivity index (χ0) is 13.4. The lowest BCUT2D eigenvalue weighted by Gasteiger charge is -2.20. The van der Waals surface area contributed by atoms with Crippen LogP contribution in [0.4, 0.5) is 0 Å². The second-order valence-electron chi connectivity index (χ2n) is 4.05. The lowest BCUT2D eigenvalue weighted by Crippen LogP contribution is -2.26. The molecule has 1 aromatic rings. The molecule has 0 aliphatic heterocycles. The normalized spacial score (nSPS) is 12.4. The summed E-state index contributed by atoms with van der Waals surface area (Å²) in [5.74, 6) is -0.500. The maximum atomic E-state index is 11.8. The Morgan fingerprint density at radius 3 is 2.22 bits per heavy atom. The van der Waals surface area contributed by atoms with Crippen molar-refractivity contribution < 1.29 is 19.0 Å². The smallest absolute Gasteiger partial charge is 0.309 e. The highest BCUT2D eigenvalue weighted by Gasteiger charge is 2.24. The first-order valence-corrected chi connectivity index (χ1v) is 5.88. The van der Waals surface area contributed by atoms with Gasteiger partial charge < -0.3 is 14.2 Å². The van der Waals surface area contributed by atoms with E-state index in [0.29, 0.717) is 12.8 Å². The molecule has 0 aliphatic carbocycles. The Bertz CT molecular complexity index is 346. The summed E-state index contributed by atoms with van der Waals surface area (Å²) in [6.07, 6.45) is 0.712. The van der Waals surface area contributed by atoms with Crippen molar-refractivity contribution >= 4 is 5.97 Å². The monoisotopic (exact) mass is 252 g/mol. The zero-order valence-corrected chi connectivity index (χ0v) is 11.1. The standard InChI is InChI=1S/C14H20O4/c1-16-13(17-2)10-12(14(15)18-3)9-11-7-5-4-6-8-11/h4-8,12-13H,9-10H2,1-3H3. The minimum absolute atomic E-state index is 0.238. The van der Waals surface area contributed by atoms with E-state index in [1.807, 2.05) is 30.3 Å². The topological polar surface area (TPSA) is 44.8 Å². The van der Waals surface area contributed by atoms with Gasteiger partial charge in [-0.1, -0.05) is 30.3 Å². The average molecular weight is 252 g/mol. The Kier molecular flexibility index (Phi) is 6.39. The lowest BCUT2D eigenvalue weighted by molar-refractivity contribution is -0.153. The van der Waals surface area contributed by atoms with E-state index in [1.54, 1.807) is 14.2 Å². The van der Waals surface area contributed by atoms with Crippen molar-refractivity contribution in [2.45, 2.75) is 19.1 Å². The summed E-state index contributed by atoms with van der Waals surface area (Å²) < 4.78 is 15.1. The molecular weight excluding hydrogens is 232 g/mol. The third-order valence-electron chi connectivity index (χ3n) is 2.86. The molecule has 1 aromatic carbocycles. The molecule has 1 atom stereocenters. The van der Waals surface area contributed by atoms with E-state index in [4.69, 9.17) is 14.2 Å². The number of benzene rings is 1. The van der Waals surface area contributed by atoms with Crippen molar-refractivity contribution in [3.05, 3.63) is 35.9 Å². The maximum absolute atomic E-state index is 11.8. The van der Waals surface area contributed by atoms with Gasteiger partial charge in [-0.15, -0.1) is 0 Å². The molecule has 0 bridgehead atoms. The molecule has 0 radical (unpaired) electrons. The fourth-order valence-electron chi connectivity index (χ4n) is 1.85. The van der Waals surface area contributed by atoms with Crippen LogP contribution in [0.1, 0.15) is 12.0 Å². The highest BCUT2D eigenvalue weighted by Crippen LogP contribution is 2.17. The average Bonchev–Trinajstić information content (AvgIpc) is 2.43. The molecule has 0 aliphatic rings. The molecule has 0 N–H and O–H groups in total. The molecule has 18 heavy (non-hydrogen) atoms. The molecule has 0 spiro atoms. The van der Waals surface area contributed by atoms with Crippen molar-refractivity contribution in [2.75, 3.05) is 21.3 Å². The SMILES string of the molecule is COC(=O)C(Cc1ccccc1)CC(OC)OC. The van der Waals surface area contributed by atoms with Crippen LogP contribution < -0.4 is 0 Å². The van der Waals surface area contributed by atoms with Crippen LogP contribution in [0.5, 0.6) is 0 Å². The highest BCUT2D eigenvalue weighted by atomic mass is 16.7. The fraction of sp³-hybridized carbons (Fsp3) is 0.500. The van der Waals surface area contributed by atoms with Crippen LogP contribution in [0, 0.1) is 5.92 Å². The van der Waals surface area contributed by atoms with Gasteiger partial charge >= 0.3 is 5.97 Å². The van der Waals surface area contributed by atoms with E-state index >= 15 is 0 Å². The van der Waals surface area contributed by atoms with Crippen molar-refractivity contribution in [2.24, 2.45) is 5.92 Å². The predicted octanol–water partition coefficient (Wildman–Crippen LogP) is 2.03. The predicted molar refractivity (Wildman–Crippen MR) is 68.1 cm³/mol. The number of hydrogen-bond acceptors (Lipinski definition) is 4. The van der Waals surface area contributed by atoms with Gasteiger partial charge in [0.2, 0.25) is 0 Å². The number of carbonyl (C=O) groups is 1. The maximum Gasteiger partial charge on any atom is 0.309 e. The molecule has 4 heteroatoms. The van der Waals surface area contributed by atoms with Gasteiger partial charge in [0, 0.05) is 20.6 Å². The summed E-state index contributed by atoms with van der Waals surface area (Å²) in [5, 5.41) is 0.